The highest BCUT2D eigenvalue weighted by molar-refractivity contribution is 8.00. The van der Waals surface area contributed by atoms with Crippen molar-refractivity contribution >= 4 is 45.7 Å². The average molecular weight is 440 g/mol. The van der Waals surface area contributed by atoms with Gasteiger partial charge in [-0.3, -0.25) is 9.59 Å². The SMILES string of the molecule is CC(C)(C)CC(=O)Nc1ccc(SCC(=O)Nc2nc(-c3ccccc3)cs2)cc1. The second-order valence-electron chi connectivity index (χ2n) is 8.05. The van der Waals surface area contributed by atoms with Gasteiger partial charge in [0.05, 0.1) is 11.4 Å². The van der Waals surface area contributed by atoms with Crippen molar-refractivity contribution in [3.05, 3.63) is 60.0 Å². The van der Waals surface area contributed by atoms with E-state index < -0.39 is 0 Å². The third-order valence-electron chi connectivity index (χ3n) is 4.02. The second kappa shape index (κ2) is 9.91. The first-order chi connectivity index (χ1) is 14.3. The first-order valence-electron chi connectivity index (χ1n) is 9.62. The molecule has 5 nitrogen and oxygen atoms in total. The number of aromatic nitrogens is 1. The van der Waals surface area contributed by atoms with Crippen molar-refractivity contribution in [3.8, 4) is 11.3 Å². The minimum Gasteiger partial charge on any atom is -0.326 e. The Labute approximate surface area is 185 Å². The first-order valence-corrected chi connectivity index (χ1v) is 11.5. The summed E-state index contributed by atoms with van der Waals surface area (Å²) in [6.45, 7) is 6.10. The van der Waals surface area contributed by atoms with E-state index in [2.05, 4.69) is 15.6 Å². The van der Waals surface area contributed by atoms with Crippen molar-refractivity contribution in [2.24, 2.45) is 5.41 Å². The van der Waals surface area contributed by atoms with Crippen LogP contribution >= 0.6 is 23.1 Å². The largest absolute Gasteiger partial charge is 0.326 e. The van der Waals surface area contributed by atoms with E-state index in [0.717, 1.165) is 21.8 Å². The Hall–Kier alpha value is -2.64. The van der Waals surface area contributed by atoms with E-state index in [1.54, 1.807) is 0 Å². The molecule has 2 aromatic carbocycles. The van der Waals surface area contributed by atoms with Crippen molar-refractivity contribution in [1.82, 2.24) is 4.98 Å². The van der Waals surface area contributed by atoms with Gasteiger partial charge in [-0.15, -0.1) is 23.1 Å². The number of benzene rings is 2. The number of carbonyl (C=O) groups is 2. The lowest BCUT2D eigenvalue weighted by molar-refractivity contribution is -0.118. The molecule has 0 spiro atoms. The lowest BCUT2D eigenvalue weighted by atomic mass is 9.92. The summed E-state index contributed by atoms with van der Waals surface area (Å²) in [5, 5.41) is 8.29. The number of anilines is 2. The molecule has 0 aliphatic heterocycles. The van der Waals surface area contributed by atoms with Crippen LogP contribution in [-0.4, -0.2) is 22.6 Å². The highest BCUT2D eigenvalue weighted by Gasteiger charge is 2.16. The Bertz CT molecular complexity index is 993. The molecule has 156 valence electrons. The normalized spacial score (nSPS) is 11.2. The van der Waals surface area contributed by atoms with Crippen LogP contribution in [0.3, 0.4) is 0 Å². The van der Waals surface area contributed by atoms with E-state index in [1.807, 2.05) is 80.7 Å². The lowest BCUT2D eigenvalue weighted by Crippen LogP contribution is -2.19. The number of hydrogen-bond acceptors (Lipinski definition) is 5. The zero-order valence-electron chi connectivity index (χ0n) is 17.3. The third kappa shape index (κ3) is 7.00. The number of carbonyl (C=O) groups excluding carboxylic acids is 2. The van der Waals surface area contributed by atoms with Crippen molar-refractivity contribution in [2.75, 3.05) is 16.4 Å². The number of thioether (sulfide) groups is 1. The van der Waals surface area contributed by atoms with Crippen LogP contribution in [0.5, 0.6) is 0 Å². The fraction of sp³-hybridized carbons (Fsp3) is 0.261. The summed E-state index contributed by atoms with van der Waals surface area (Å²) in [5.74, 6) is 0.188. The molecule has 2 amide bonds. The number of thiazole rings is 1. The Morgan fingerprint density at radius 1 is 0.967 bits per heavy atom. The van der Waals surface area contributed by atoms with Gasteiger partial charge in [-0.2, -0.15) is 0 Å². The standard InChI is InChI=1S/C23H25N3O2S2/c1-23(2,3)13-20(27)24-17-9-11-18(12-10-17)29-15-21(28)26-22-25-19(14-30-22)16-7-5-4-6-8-16/h4-12,14H,13,15H2,1-3H3,(H,24,27)(H,25,26,28). The summed E-state index contributed by atoms with van der Waals surface area (Å²) < 4.78 is 0. The van der Waals surface area contributed by atoms with E-state index in [9.17, 15) is 9.59 Å². The maximum absolute atomic E-state index is 12.3. The molecule has 0 aliphatic rings. The zero-order valence-corrected chi connectivity index (χ0v) is 18.9. The third-order valence-corrected chi connectivity index (χ3v) is 5.79. The Balaban J connectivity index is 1.47. The monoisotopic (exact) mass is 439 g/mol. The van der Waals surface area contributed by atoms with E-state index in [-0.39, 0.29) is 23.0 Å². The molecule has 3 rings (SSSR count). The molecule has 0 saturated heterocycles. The molecule has 0 fully saturated rings. The maximum atomic E-state index is 12.3. The molecule has 7 heteroatoms. The number of nitrogens with zero attached hydrogens (tertiary/aromatic N) is 1. The average Bonchev–Trinajstić information content (AvgIpc) is 3.15. The van der Waals surface area contributed by atoms with Crippen LogP contribution in [0, 0.1) is 5.41 Å². The molecule has 0 aliphatic carbocycles. The Morgan fingerprint density at radius 2 is 1.67 bits per heavy atom. The van der Waals surface area contributed by atoms with Crippen molar-refractivity contribution in [3.63, 3.8) is 0 Å². The smallest absolute Gasteiger partial charge is 0.236 e. The summed E-state index contributed by atoms with van der Waals surface area (Å²) in [6.07, 6.45) is 0.465. The predicted molar refractivity (Wildman–Crippen MR) is 126 cm³/mol. The van der Waals surface area contributed by atoms with Gasteiger partial charge in [-0.05, 0) is 29.7 Å². The summed E-state index contributed by atoms with van der Waals surface area (Å²) in [6, 6.07) is 17.4. The van der Waals surface area contributed by atoms with Gasteiger partial charge in [-0.25, -0.2) is 4.98 Å². The molecule has 0 atom stereocenters. The van der Waals surface area contributed by atoms with E-state index in [1.165, 1.54) is 23.1 Å². The van der Waals surface area contributed by atoms with Gasteiger partial charge in [0.25, 0.3) is 0 Å². The molecule has 0 saturated carbocycles. The minimum absolute atomic E-state index is 0.000556. The van der Waals surface area contributed by atoms with E-state index >= 15 is 0 Å². The summed E-state index contributed by atoms with van der Waals surface area (Å²) in [4.78, 5) is 29.7. The fourth-order valence-corrected chi connectivity index (χ4v) is 4.13. The highest BCUT2D eigenvalue weighted by Crippen LogP contribution is 2.26. The molecule has 1 heterocycles. The van der Waals surface area contributed by atoms with Crippen LogP contribution < -0.4 is 10.6 Å². The topological polar surface area (TPSA) is 71.1 Å². The molecule has 1 aromatic heterocycles. The van der Waals surface area contributed by atoms with Crippen molar-refractivity contribution < 1.29 is 9.59 Å². The van der Waals surface area contributed by atoms with Gasteiger partial charge < -0.3 is 10.6 Å². The van der Waals surface area contributed by atoms with Gasteiger partial charge >= 0.3 is 0 Å². The summed E-state index contributed by atoms with van der Waals surface area (Å²) in [5.41, 5.74) is 2.59. The Kier molecular flexibility index (Phi) is 7.29. The number of hydrogen-bond donors (Lipinski definition) is 2. The Morgan fingerprint density at radius 3 is 2.33 bits per heavy atom. The van der Waals surface area contributed by atoms with Crippen molar-refractivity contribution in [2.45, 2.75) is 32.1 Å². The van der Waals surface area contributed by atoms with Gasteiger partial charge in [-0.1, -0.05) is 51.1 Å². The van der Waals surface area contributed by atoms with Gasteiger partial charge in [0.1, 0.15) is 0 Å². The highest BCUT2D eigenvalue weighted by atomic mass is 32.2. The molecule has 0 radical (unpaired) electrons. The number of nitrogens with one attached hydrogen (secondary N) is 2. The predicted octanol–water partition coefficient (Wildman–Crippen LogP) is 5.92. The number of rotatable bonds is 7. The van der Waals surface area contributed by atoms with Crippen LogP contribution in [0.2, 0.25) is 0 Å². The summed E-state index contributed by atoms with van der Waals surface area (Å²) >= 11 is 2.85. The zero-order chi connectivity index (χ0) is 21.6. The van der Waals surface area contributed by atoms with Crippen LogP contribution in [0.15, 0.2) is 64.9 Å². The molecule has 2 N–H and O–H groups in total. The van der Waals surface area contributed by atoms with Crippen LogP contribution in [0.1, 0.15) is 27.2 Å². The first kappa shape index (κ1) is 22.1. The fourth-order valence-electron chi connectivity index (χ4n) is 2.70. The molecule has 30 heavy (non-hydrogen) atoms. The lowest BCUT2D eigenvalue weighted by Gasteiger charge is -2.17. The van der Waals surface area contributed by atoms with Crippen LogP contribution in [-0.2, 0) is 9.59 Å². The van der Waals surface area contributed by atoms with Gasteiger partial charge in [0.15, 0.2) is 5.13 Å². The van der Waals surface area contributed by atoms with E-state index in [4.69, 9.17) is 0 Å². The molecule has 0 unspecified atom stereocenters. The molecule has 3 aromatic rings. The van der Waals surface area contributed by atoms with Crippen LogP contribution in [0.4, 0.5) is 10.8 Å². The quantitative estimate of drug-likeness (QED) is 0.449. The minimum atomic E-state index is -0.100. The second-order valence-corrected chi connectivity index (χ2v) is 9.96. The molecular formula is C23H25N3O2S2. The van der Waals surface area contributed by atoms with Crippen LogP contribution in [0.25, 0.3) is 11.3 Å². The molecular weight excluding hydrogens is 414 g/mol. The van der Waals surface area contributed by atoms with Gasteiger partial charge in [0.2, 0.25) is 11.8 Å². The maximum Gasteiger partial charge on any atom is 0.236 e. The number of amides is 2. The van der Waals surface area contributed by atoms with E-state index in [0.29, 0.717) is 11.6 Å². The van der Waals surface area contributed by atoms with Gasteiger partial charge in [0, 0.05) is 27.9 Å². The van der Waals surface area contributed by atoms with Crippen molar-refractivity contribution in [1.29, 1.82) is 0 Å². The summed E-state index contributed by atoms with van der Waals surface area (Å²) in [7, 11) is 0. The molecule has 0 bridgehead atoms.